The molecule has 1 aliphatic rings. The molecule has 2 rings (SSSR count). The van der Waals surface area contributed by atoms with E-state index in [-0.39, 0.29) is 17.0 Å². The van der Waals surface area contributed by atoms with Gasteiger partial charge in [0.1, 0.15) is 0 Å². The van der Waals surface area contributed by atoms with Gasteiger partial charge in [0.25, 0.3) is 0 Å². The Morgan fingerprint density at radius 2 is 2.20 bits per heavy atom. The van der Waals surface area contributed by atoms with Crippen molar-refractivity contribution in [3.63, 3.8) is 0 Å². The van der Waals surface area contributed by atoms with Crippen LogP contribution in [0.4, 0.5) is 0 Å². The number of ether oxygens (including phenoxy) is 1. The predicted molar refractivity (Wildman–Crippen MR) is 86.0 cm³/mol. The summed E-state index contributed by atoms with van der Waals surface area (Å²) >= 11 is 12.5. The topological polar surface area (TPSA) is 46.6 Å². The highest BCUT2D eigenvalue weighted by Crippen LogP contribution is 2.29. The predicted octanol–water partition coefficient (Wildman–Crippen LogP) is 3.28. The molecule has 0 radical (unpaired) electrons. The zero-order chi connectivity index (χ0) is 14.9. The quantitative estimate of drug-likeness (QED) is 0.668. The number of benzene rings is 1. The molecule has 8 heteroatoms. The van der Waals surface area contributed by atoms with Crippen molar-refractivity contribution >= 4 is 53.5 Å². The highest BCUT2D eigenvalue weighted by Gasteiger charge is 2.35. The van der Waals surface area contributed by atoms with Crippen LogP contribution in [0.2, 0.25) is 5.02 Å². The largest absolute Gasteiger partial charge is 0.374 e. The maximum absolute atomic E-state index is 12.7. The molecule has 1 aliphatic heterocycles. The summed E-state index contributed by atoms with van der Waals surface area (Å²) in [5, 5.41) is 1.09. The number of nitrogens with zero attached hydrogens (tertiary/aromatic N) is 1. The first-order valence-electron chi connectivity index (χ1n) is 6.00. The molecule has 2 unspecified atom stereocenters. The van der Waals surface area contributed by atoms with E-state index in [9.17, 15) is 8.42 Å². The fraction of sp³-hybridized carbons (Fsp3) is 0.500. The molecule has 0 N–H and O–H groups in total. The minimum absolute atomic E-state index is 0.128. The van der Waals surface area contributed by atoms with Gasteiger partial charge in [0.05, 0.1) is 22.6 Å². The van der Waals surface area contributed by atoms with E-state index < -0.39 is 10.0 Å². The normalized spacial score (nSPS) is 24.8. The molecule has 4 nitrogen and oxygen atoms in total. The third kappa shape index (κ3) is 3.39. The van der Waals surface area contributed by atoms with Crippen LogP contribution in [0, 0.1) is 0 Å². The summed E-state index contributed by atoms with van der Waals surface area (Å²) in [7, 11) is -3.55. The second-order valence-corrected chi connectivity index (χ2v) is 8.41. The lowest BCUT2D eigenvalue weighted by atomic mass is 10.2. The van der Waals surface area contributed by atoms with Crippen LogP contribution in [0.5, 0.6) is 0 Å². The van der Waals surface area contributed by atoms with Gasteiger partial charge >= 0.3 is 0 Å². The first kappa shape index (κ1) is 16.7. The molecule has 0 saturated carbocycles. The lowest BCUT2D eigenvalue weighted by Crippen LogP contribution is -2.51. The molecule has 20 heavy (non-hydrogen) atoms. The van der Waals surface area contributed by atoms with Crippen LogP contribution in [0.15, 0.2) is 27.6 Å². The van der Waals surface area contributed by atoms with E-state index in [0.717, 1.165) is 0 Å². The molecule has 1 aromatic rings. The van der Waals surface area contributed by atoms with Crippen molar-refractivity contribution in [2.24, 2.45) is 0 Å². The summed E-state index contributed by atoms with van der Waals surface area (Å²) in [4.78, 5) is 0.232. The molecule has 0 aromatic heterocycles. The van der Waals surface area contributed by atoms with Crippen LogP contribution in [0.3, 0.4) is 0 Å². The van der Waals surface area contributed by atoms with E-state index in [1.165, 1.54) is 16.4 Å². The molecule has 2 atom stereocenters. The van der Waals surface area contributed by atoms with Gasteiger partial charge in [-0.3, -0.25) is 0 Å². The van der Waals surface area contributed by atoms with Crippen LogP contribution in [-0.4, -0.2) is 43.4 Å². The third-order valence-electron chi connectivity index (χ3n) is 3.12. The SMILES string of the molecule is CC1COC(CBr)CN1S(=O)(=O)c1ccc(Cl)c(Br)c1. The fourth-order valence-electron chi connectivity index (χ4n) is 1.99. The van der Waals surface area contributed by atoms with Crippen molar-refractivity contribution in [1.29, 1.82) is 0 Å². The molecule has 0 spiro atoms. The third-order valence-corrected chi connectivity index (χ3v) is 7.03. The van der Waals surface area contributed by atoms with E-state index in [2.05, 4.69) is 31.9 Å². The average Bonchev–Trinajstić information content (AvgIpc) is 2.42. The molecule has 1 heterocycles. The lowest BCUT2D eigenvalue weighted by Gasteiger charge is -2.36. The molecule has 0 amide bonds. The molecule has 1 fully saturated rings. The molecule has 1 saturated heterocycles. The van der Waals surface area contributed by atoms with Crippen LogP contribution < -0.4 is 0 Å². The van der Waals surface area contributed by atoms with E-state index in [0.29, 0.717) is 28.0 Å². The van der Waals surface area contributed by atoms with E-state index in [1.54, 1.807) is 6.07 Å². The summed E-state index contributed by atoms with van der Waals surface area (Å²) in [5.41, 5.74) is 0. The van der Waals surface area contributed by atoms with Crippen LogP contribution in [-0.2, 0) is 14.8 Å². The van der Waals surface area contributed by atoms with Gasteiger partial charge in [0.15, 0.2) is 0 Å². The number of hydrogen-bond acceptors (Lipinski definition) is 3. The van der Waals surface area contributed by atoms with Crippen molar-refractivity contribution in [1.82, 2.24) is 4.31 Å². The summed E-state index contributed by atoms with van der Waals surface area (Å²) in [5.74, 6) is 0. The van der Waals surface area contributed by atoms with Gasteiger partial charge in [-0.25, -0.2) is 8.42 Å². The Labute approximate surface area is 140 Å². The Morgan fingerprint density at radius 1 is 1.50 bits per heavy atom. The van der Waals surface area contributed by atoms with Gasteiger partial charge in [0, 0.05) is 22.4 Å². The van der Waals surface area contributed by atoms with Crippen molar-refractivity contribution < 1.29 is 13.2 Å². The number of sulfonamides is 1. The Bertz CT molecular complexity index is 596. The number of hydrogen-bond donors (Lipinski definition) is 0. The zero-order valence-corrected chi connectivity index (χ0v) is 15.5. The van der Waals surface area contributed by atoms with E-state index in [1.807, 2.05) is 6.92 Å². The number of halogens is 3. The molecule has 0 bridgehead atoms. The number of rotatable bonds is 3. The van der Waals surface area contributed by atoms with Gasteiger partial charge in [-0.1, -0.05) is 27.5 Å². The molecule has 112 valence electrons. The first-order chi connectivity index (χ1) is 9.36. The summed E-state index contributed by atoms with van der Waals surface area (Å²) < 4.78 is 33.0. The number of alkyl halides is 1. The van der Waals surface area contributed by atoms with Crippen LogP contribution >= 0.6 is 43.5 Å². The second-order valence-electron chi connectivity index (χ2n) is 4.61. The van der Waals surface area contributed by atoms with Gasteiger partial charge in [-0.05, 0) is 41.1 Å². The van der Waals surface area contributed by atoms with Gasteiger partial charge in [-0.2, -0.15) is 4.31 Å². The van der Waals surface area contributed by atoms with Crippen molar-refractivity contribution in [2.45, 2.75) is 24.0 Å². The molecule has 0 aliphatic carbocycles. The average molecular weight is 448 g/mol. The Hall–Kier alpha value is 0.340. The van der Waals surface area contributed by atoms with Gasteiger partial charge in [-0.15, -0.1) is 0 Å². The van der Waals surface area contributed by atoms with Crippen LogP contribution in [0.1, 0.15) is 6.92 Å². The maximum Gasteiger partial charge on any atom is 0.243 e. The molecular formula is C12H14Br2ClNO3S. The van der Waals surface area contributed by atoms with E-state index in [4.69, 9.17) is 16.3 Å². The monoisotopic (exact) mass is 445 g/mol. The first-order valence-corrected chi connectivity index (χ1v) is 9.74. The summed E-state index contributed by atoms with van der Waals surface area (Å²) in [6.45, 7) is 2.58. The van der Waals surface area contributed by atoms with Gasteiger partial charge in [0.2, 0.25) is 10.0 Å². The van der Waals surface area contributed by atoms with Gasteiger partial charge < -0.3 is 4.74 Å². The Balaban J connectivity index is 2.35. The lowest BCUT2D eigenvalue weighted by molar-refractivity contribution is -0.0139. The highest BCUT2D eigenvalue weighted by atomic mass is 79.9. The maximum atomic E-state index is 12.7. The molecule has 1 aromatic carbocycles. The second kappa shape index (κ2) is 6.62. The van der Waals surface area contributed by atoms with Crippen molar-refractivity contribution in [3.05, 3.63) is 27.7 Å². The standard InChI is InChI=1S/C12H14Br2ClNO3S/c1-8-7-19-9(5-13)6-16(8)20(17,18)10-2-3-12(15)11(14)4-10/h2-4,8-9H,5-7H2,1H3. The fourth-order valence-corrected chi connectivity index (χ4v) is 4.71. The Kier molecular flexibility index (Phi) is 5.53. The summed E-state index contributed by atoms with van der Waals surface area (Å²) in [6, 6.07) is 4.44. The minimum atomic E-state index is -3.55. The summed E-state index contributed by atoms with van der Waals surface area (Å²) in [6.07, 6.45) is -0.128. The smallest absolute Gasteiger partial charge is 0.243 e. The highest BCUT2D eigenvalue weighted by molar-refractivity contribution is 9.10. The van der Waals surface area contributed by atoms with Crippen LogP contribution in [0.25, 0.3) is 0 Å². The minimum Gasteiger partial charge on any atom is -0.374 e. The number of morpholine rings is 1. The molecular weight excluding hydrogens is 433 g/mol. The zero-order valence-electron chi connectivity index (χ0n) is 10.7. The van der Waals surface area contributed by atoms with Crippen molar-refractivity contribution in [3.8, 4) is 0 Å². The Morgan fingerprint density at radius 3 is 2.80 bits per heavy atom. The van der Waals surface area contributed by atoms with Crippen molar-refractivity contribution in [2.75, 3.05) is 18.5 Å². The van der Waals surface area contributed by atoms with E-state index >= 15 is 0 Å².